The molecule has 0 radical (unpaired) electrons. The summed E-state index contributed by atoms with van der Waals surface area (Å²) in [5.41, 5.74) is 8.99. The highest BCUT2D eigenvalue weighted by molar-refractivity contribution is 8.01. The van der Waals surface area contributed by atoms with Crippen molar-refractivity contribution in [3.8, 4) is 11.1 Å². The van der Waals surface area contributed by atoms with Crippen LogP contribution in [-0.2, 0) is 10.0 Å². The molecule has 0 saturated heterocycles. The summed E-state index contributed by atoms with van der Waals surface area (Å²) in [7, 11) is -3.37. The van der Waals surface area contributed by atoms with Crippen LogP contribution in [0.15, 0.2) is 48.5 Å². The first kappa shape index (κ1) is 17.9. The second-order valence-electron chi connectivity index (χ2n) is 5.02. The molecule has 0 spiro atoms. The topological polar surface area (TPSA) is 72.2 Å². The number of hydrogen-bond acceptors (Lipinski definition) is 5. The molecule has 23 heavy (non-hydrogen) atoms. The van der Waals surface area contributed by atoms with Crippen LogP contribution in [0.1, 0.15) is 5.56 Å². The van der Waals surface area contributed by atoms with Gasteiger partial charge in [-0.3, -0.25) is 4.72 Å². The minimum Gasteiger partial charge on any atom is -0.315 e. The summed E-state index contributed by atoms with van der Waals surface area (Å²) in [6.07, 6.45) is 3.03. The Bertz CT molecular complexity index is 805. The predicted molar refractivity (Wildman–Crippen MR) is 104 cm³/mol. The predicted octanol–water partition coefficient (Wildman–Crippen LogP) is 3.09. The average Bonchev–Trinajstić information content (AvgIpc) is 2.53. The fourth-order valence-electron chi connectivity index (χ4n) is 2.11. The normalized spacial score (nSPS) is 12.7. The quantitative estimate of drug-likeness (QED) is 0.467. The Morgan fingerprint density at radius 2 is 1.87 bits per heavy atom. The number of anilines is 1. The number of sulfonamides is 1. The Kier molecular flexibility index (Phi) is 5.80. The summed E-state index contributed by atoms with van der Waals surface area (Å²) in [5.74, 6) is 0. The van der Waals surface area contributed by atoms with E-state index in [0.29, 0.717) is 10.6 Å². The van der Waals surface area contributed by atoms with Crippen LogP contribution in [0, 0.1) is 0 Å². The lowest BCUT2D eigenvalue weighted by molar-refractivity contribution is 0.607. The molecule has 0 aliphatic heterocycles. The van der Waals surface area contributed by atoms with E-state index in [1.165, 1.54) is 11.8 Å². The van der Waals surface area contributed by atoms with Crippen molar-refractivity contribution in [2.45, 2.75) is 5.37 Å². The zero-order valence-electron chi connectivity index (χ0n) is 12.8. The molecule has 2 aromatic carbocycles. The van der Waals surface area contributed by atoms with Crippen molar-refractivity contribution in [3.05, 3.63) is 54.1 Å². The molecule has 0 heterocycles. The molecule has 0 aliphatic rings. The molecule has 122 valence electrons. The highest BCUT2D eigenvalue weighted by Crippen LogP contribution is 2.30. The SMILES string of the molecule is CSC(N)C(=S)c1ccc(NS(C)(=O)=O)c(-c2ccccc2)c1. The first-order chi connectivity index (χ1) is 10.8. The molecule has 2 aromatic rings. The maximum Gasteiger partial charge on any atom is 0.229 e. The standard InChI is InChI=1S/C16H18N2O2S3/c1-22-16(17)15(21)12-8-9-14(18-23(2,19)20)13(10-12)11-6-4-3-5-7-11/h3-10,16,18H,17H2,1-2H3. The zero-order valence-corrected chi connectivity index (χ0v) is 15.3. The summed E-state index contributed by atoms with van der Waals surface area (Å²) >= 11 is 6.89. The van der Waals surface area contributed by atoms with Crippen molar-refractivity contribution in [1.82, 2.24) is 0 Å². The van der Waals surface area contributed by atoms with E-state index in [2.05, 4.69) is 4.72 Å². The molecule has 0 aromatic heterocycles. The Morgan fingerprint density at radius 3 is 2.43 bits per heavy atom. The van der Waals surface area contributed by atoms with Gasteiger partial charge in [0.05, 0.1) is 17.3 Å². The van der Waals surface area contributed by atoms with Crippen LogP contribution in [0.5, 0.6) is 0 Å². The van der Waals surface area contributed by atoms with Gasteiger partial charge < -0.3 is 5.73 Å². The fourth-order valence-corrected chi connectivity index (χ4v) is 3.46. The van der Waals surface area contributed by atoms with Gasteiger partial charge in [-0.25, -0.2) is 8.42 Å². The largest absolute Gasteiger partial charge is 0.315 e. The van der Waals surface area contributed by atoms with E-state index in [-0.39, 0.29) is 5.37 Å². The Balaban J connectivity index is 2.55. The van der Waals surface area contributed by atoms with Crippen LogP contribution in [0.25, 0.3) is 11.1 Å². The molecule has 4 nitrogen and oxygen atoms in total. The molecular weight excluding hydrogens is 348 g/mol. The minimum absolute atomic E-state index is 0.276. The smallest absolute Gasteiger partial charge is 0.229 e. The Hall–Kier alpha value is -1.41. The van der Waals surface area contributed by atoms with E-state index in [0.717, 1.165) is 22.9 Å². The minimum atomic E-state index is -3.37. The summed E-state index contributed by atoms with van der Waals surface area (Å²) in [6.45, 7) is 0. The van der Waals surface area contributed by atoms with Gasteiger partial charge in [-0.15, -0.1) is 11.8 Å². The van der Waals surface area contributed by atoms with Crippen LogP contribution in [0.3, 0.4) is 0 Å². The summed E-state index contributed by atoms with van der Waals surface area (Å²) in [6, 6.07) is 14.9. The molecule has 0 fully saturated rings. The number of hydrogen-bond donors (Lipinski definition) is 2. The van der Waals surface area contributed by atoms with Gasteiger partial charge in [0.1, 0.15) is 0 Å². The molecule has 7 heteroatoms. The van der Waals surface area contributed by atoms with Gasteiger partial charge in [0.25, 0.3) is 0 Å². The van der Waals surface area contributed by atoms with E-state index in [1.807, 2.05) is 42.7 Å². The first-order valence-corrected chi connectivity index (χ1v) is 10.4. The van der Waals surface area contributed by atoms with Gasteiger partial charge in [0.2, 0.25) is 10.0 Å². The lowest BCUT2D eigenvalue weighted by atomic mass is 10.00. The second-order valence-corrected chi connectivity index (χ2v) is 8.19. The summed E-state index contributed by atoms with van der Waals surface area (Å²) < 4.78 is 25.7. The van der Waals surface area contributed by atoms with Crippen molar-refractivity contribution in [2.24, 2.45) is 5.73 Å². The summed E-state index contributed by atoms with van der Waals surface area (Å²) in [5, 5.41) is -0.276. The monoisotopic (exact) mass is 366 g/mol. The average molecular weight is 367 g/mol. The number of nitrogens with two attached hydrogens (primary N) is 1. The highest BCUT2D eigenvalue weighted by Gasteiger charge is 2.15. The molecule has 0 aliphatic carbocycles. The zero-order chi connectivity index (χ0) is 17.0. The number of rotatable bonds is 6. The maximum atomic E-state index is 11.6. The van der Waals surface area contributed by atoms with Gasteiger partial charge in [0.15, 0.2) is 0 Å². The van der Waals surface area contributed by atoms with Crippen LogP contribution < -0.4 is 10.5 Å². The second kappa shape index (κ2) is 7.44. The van der Waals surface area contributed by atoms with Gasteiger partial charge >= 0.3 is 0 Å². The van der Waals surface area contributed by atoms with Crippen LogP contribution in [0.2, 0.25) is 0 Å². The van der Waals surface area contributed by atoms with Crippen molar-refractivity contribution in [3.63, 3.8) is 0 Å². The lowest BCUT2D eigenvalue weighted by Crippen LogP contribution is -2.25. The van der Waals surface area contributed by atoms with Crippen molar-refractivity contribution in [1.29, 1.82) is 0 Å². The Labute approximate surface area is 146 Å². The molecule has 1 unspecified atom stereocenters. The number of nitrogens with one attached hydrogen (secondary N) is 1. The van der Waals surface area contributed by atoms with Gasteiger partial charge in [-0.05, 0) is 29.5 Å². The number of thioether (sulfide) groups is 1. The molecule has 0 saturated carbocycles. The highest BCUT2D eigenvalue weighted by atomic mass is 32.2. The maximum absolute atomic E-state index is 11.6. The molecule has 0 amide bonds. The third-order valence-corrected chi connectivity index (χ3v) is 5.17. The van der Waals surface area contributed by atoms with E-state index < -0.39 is 10.0 Å². The number of thiocarbonyl (C=S) groups is 1. The van der Waals surface area contributed by atoms with Crippen LogP contribution in [-0.4, -0.2) is 31.2 Å². The lowest BCUT2D eigenvalue weighted by Gasteiger charge is -2.15. The Morgan fingerprint density at radius 1 is 1.22 bits per heavy atom. The van der Waals surface area contributed by atoms with E-state index in [9.17, 15) is 8.42 Å². The molecule has 3 N–H and O–H groups in total. The fraction of sp³-hybridized carbons (Fsp3) is 0.188. The van der Waals surface area contributed by atoms with Crippen molar-refractivity contribution < 1.29 is 8.42 Å². The van der Waals surface area contributed by atoms with Crippen molar-refractivity contribution in [2.75, 3.05) is 17.2 Å². The third kappa shape index (κ3) is 4.78. The van der Waals surface area contributed by atoms with E-state index in [1.54, 1.807) is 12.1 Å². The van der Waals surface area contributed by atoms with Crippen molar-refractivity contribution >= 4 is 44.6 Å². The van der Waals surface area contributed by atoms with Gasteiger partial charge in [-0.1, -0.05) is 48.6 Å². The molecule has 1 atom stereocenters. The number of benzene rings is 2. The molecule has 2 rings (SSSR count). The van der Waals surface area contributed by atoms with E-state index >= 15 is 0 Å². The summed E-state index contributed by atoms with van der Waals surface area (Å²) in [4.78, 5) is 0.639. The third-order valence-electron chi connectivity index (χ3n) is 3.20. The molecular formula is C16H18N2O2S3. The first-order valence-electron chi connectivity index (χ1n) is 6.81. The van der Waals surface area contributed by atoms with Gasteiger partial charge in [0, 0.05) is 10.4 Å². The van der Waals surface area contributed by atoms with Crippen LogP contribution in [0.4, 0.5) is 5.69 Å². The van der Waals surface area contributed by atoms with Crippen LogP contribution >= 0.6 is 24.0 Å². The van der Waals surface area contributed by atoms with E-state index in [4.69, 9.17) is 18.0 Å². The molecule has 0 bridgehead atoms. The van der Waals surface area contributed by atoms with Gasteiger partial charge in [-0.2, -0.15) is 0 Å².